The van der Waals surface area contributed by atoms with Crippen molar-refractivity contribution in [2.75, 3.05) is 13.7 Å². The minimum atomic E-state index is -3.74. The van der Waals surface area contributed by atoms with E-state index in [1.807, 2.05) is 0 Å². The predicted octanol–water partition coefficient (Wildman–Crippen LogP) is 0.631. The smallest absolute Gasteiger partial charge is 0.240 e. The van der Waals surface area contributed by atoms with Crippen LogP contribution in [0.2, 0.25) is 0 Å². The van der Waals surface area contributed by atoms with Crippen molar-refractivity contribution in [2.45, 2.75) is 24.5 Å². The molecule has 0 amide bonds. The summed E-state index contributed by atoms with van der Waals surface area (Å²) >= 11 is 0. The molecule has 1 unspecified atom stereocenters. The second-order valence-electron chi connectivity index (χ2n) is 3.89. The first-order valence-electron chi connectivity index (χ1n) is 5.31. The van der Waals surface area contributed by atoms with Gasteiger partial charge >= 0.3 is 0 Å². The first-order valence-corrected chi connectivity index (χ1v) is 6.79. The van der Waals surface area contributed by atoms with E-state index in [9.17, 15) is 12.8 Å². The number of aliphatic hydroxyl groups excluding tert-OH is 1. The molecule has 0 heterocycles. The number of methoxy groups -OCH3 is 1. The topological polar surface area (TPSA) is 75.6 Å². The number of benzene rings is 1. The zero-order chi connectivity index (χ0) is 13.8. The van der Waals surface area contributed by atoms with Crippen LogP contribution in [-0.4, -0.2) is 33.3 Å². The molecular formula is C11H16FNO4S. The summed E-state index contributed by atoms with van der Waals surface area (Å²) in [5.41, 5.74) is -0.0581. The summed E-state index contributed by atoms with van der Waals surface area (Å²) in [5.74, 6) is -0.638. The number of halogens is 1. The molecule has 102 valence electrons. The first kappa shape index (κ1) is 15.0. The second-order valence-corrected chi connectivity index (χ2v) is 5.60. The summed E-state index contributed by atoms with van der Waals surface area (Å²) in [5, 5.41) is 8.90. The lowest BCUT2D eigenvalue weighted by atomic mass is 10.2. The van der Waals surface area contributed by atoms with Crippen molar-refractivity contribution < 1.29 is 22.7 Å². The summed E-state index contributed by atoms with van der Waals surface area (Å²) in [7, 11) is -2.27. The standard InChI is InChI=1S/C11H16FNO4S/c1-8(7-17-2)13-18(15,16)10-3-4-11(12)9(5-10)6-14/h3-5,8,13-14H,6-7H2,1-2H3. The van der Waals surface area contributed by atoms with E-state index in [1.165, 1.54) is 7.11 Å². The maximum absolute atomic E-state index is 13.1. The van der Waals surface area contributed by atoms with Gasteiger partial charge in [0, 0.05) is 18.7 Å². The van der Waals surface area contributed by atoms with Gasteiger partial charge in [-0.25, -0.2) is 17.5 Å². The highest BCUT2D eigenvalue weighted by Crippen LogP contribution is 2.15. The normalized spacial score (nSPS) is 13.6. The maximum atomic E-state index is 13.1. The zero-order valence-corrected chi connectivity index (χ0v) is 11.0. The molecular weight excluding hydrogens is 261 g/mol. The van der Waals surface area contributed by atoms with E-state index in [4.69, 9.17) is 9.84 Å². The predicted molar refractivity (Wildman–Crippen MR) is 64.0 cm³/mol. The van der Waals surface area contributed by atoms with E-state index >= 15 is 0 Å². The lowest BCUT2D eigenvalue weighted by molar-refractivity contribution is 0.180. The van der Waals surface area contributed by atoms with E-state index in [0.29, 0.717) is 0 Å². The van der Waals surface area contributed by atoms with Gasteiger partial charge < -0.3 is 9.84 Å². The fraction of sp³-hybridized carbons (Fsp3) is 0.455. The van der Waals surface area contributed by atoms with Crippen molar-refractivity contribution in [1.82, 2.24) is 4.72 Å². The third-order valence-electron chi connectivity index (χ3n) is 2.27. The zero-order valence-electron chi connectivity index (χ0n) is 10.2. The average molecular weight is 277 g/mol. The molecule has 0 saturated carbocycles. The first-order chi connectivity index (χ1) is 8.40. The van der Waals surface area contributed by atoms with E-state index in [-0.39, 0.29) is 17.1 Å². The van der Waals surface area contributed by atoms with Gasteiger partial charge in [-0.3, -0.25) is 0 Å². The molecule has 5 nitrogen and oxygen atoms in total. The van der Waals surface area contributed by atoms with Crippen LogP contribution in [0, 0.1) is 5.82 Å². The fourth-order valence-electron chi connectivity index (χ4n) is 1.46. The van der Waals surface area contributed by atoms with Crippen LogP contribution in [0.3, 0.4) is 0 Å². The van der Waals surface area contributed by atoms with Crippen LogP contribution in [-0.2, 0) is 21.4 Å². The van der Waals surface area contributed by atoms with E-state index < -0.39 is 28.5 Å². The highest BCUT2D eigenvalue weighted by Gasteiger charge is 2.18. The Bertz CT molecular complexity index is 504. The van der Waals surface area contributed by atoms with Gasteiger partial charge in [-0.05, 0) is 25.1 Å². The van der Waals surface area contributed by atoms with Gasteiger partial charge in [0.15, 0.2) is 0 Å². The Labute approximate surface area is 106 Å². The van der Waals surface area contributed by atoms with Gasteiger partial charge in [0.1, 0.15) is 5.82 Å². The van der Waals surface area contributed by atoms with Gasteiger partial charge in [0.05, 0.1) is 18.1 Å². The number of rotatable bonds is 6. The molecule has 0 saturated heterocycles. The van der Waals surface area contributed by atoms with E-state index in [0.717, 1.165) is 18.2 Å². The molecule has 0 radical (unpaired) electrons. The Hall–Kier alpha value is -1.02. The third kappa shape index (κ3) is 3.74. The molecule has 1 aromatic rings. The molecule has 0 aliphatic heterocycles. The lowest BCUT2D eigenvalue weighted by Crippen LogP contribution is -2.35. The molecule has 18 heavy (non-hydrogen) atoms. The number of sulfonamides is 1. The summed E-state index contributed by atoms with van der Waals surface area (Å²) in [6, 6.07) is 2.87. The summed E-state index contributed by atoms with van der Waals surface area (Å²) in [4.78, 5) is -0.0871. The Kier molecular flexibility index (Phi) is 5.21. The number of ether oxygens (including phenoxy) is 1. The Balaban J connectivity index is 2.98. The minimum absolute atomic E-state index is 0.0581. The molecule has 0 aliphatic carbocycles. The van der Waals surface area contributed by atoms with Gasteiger partial charge in [0.25, 0.3) is 0 Å². The van der Waals surface area contributed by atoms with Crippen molar-refractivity contribution in [1.29, 1.82) is 0 Å². The molecule has 7 heteroatoms. The van der Waals surface area contributed by atoms with Crippen molar-refractivity contribution in [3.63, 3.8) is 0 Å². The van der Waals surface area contributed by atoms with Gasteiger partial charge in [-0.15, -0.1) is 0 Å². The number of hydrogen-bond acceptors (Lipinski definition) is 4. The number of hydrogen-bond donors (Lipinski definition) is 2. The van der Waals surface area contributed by atoms with Crippen LogP contribution >= 0.6 is 0 Å². The average Bonchev–Trinajstić information content (AvgIpc) is 2.28. The number of aliphatic hydroxyl groups is 1. The van der Waals surface area contributed by atoms with Crippen LogP contribution in [0.25, 0.3) is 0 Å². The van der Waals surface area contributed by atoms with Gasteiger partial charge in [0.2, 0.25) is 10.0 Å². The summed E-state index contributed by atoms with van der Waals surface area (Å²) in [6.07, 6.45) is 0. The van der Waals surface area contributed by atoms with Crippen LogP contribution in [0.1, 0.15) is 12.5 Å². The highest BCUT2D eigenvalue weighted by molar-refractivity contribution is 7.89. The maximum Gasteiger partial charge on any atom is 0.240 e. The Morgan fingerprint density at radius 1 is 1.50 bits per heavy atom. The van der Waals surface area contributed by atoms with Crippen molar-refractivity contribution >= 4 is 10.0 Å². The molecule has 0 fully saturated rings. The van der Waals surface area contributed by atoms with Crippen molar-refractivity contribution in [3.8, 4) is 0 Å². The van der Waals surface area contributed by atoms with E-state index in [2.05, 4.69) is 4.72 Å². The monoisotopic (exact) mass is 277 g/mol. The molecule has 2 N–H and O–H groups in total. The van der Waals surface area contributed by atoms with Gasteiger partial charge in [-0.2, -0.15) is 0 Å². The molecule has 0 bridgehead atoms. The Morgan fingerprint density at radius 2 is 2.17 bits per heavy atom. The highest BCUT2D eigenvalue weighted by atomic mass is 32.2. The second kappa shape index (κ2) is 6.24. The molecule has 1 aromatic carbocycles. The van der Waals surface area contributed by atoms with E-state index in [1.54, 1.807) is 6.92 Å². The summed E-state index contributed by atoms with van der Waals surface area (Å²) in [6.45, 7) is 1.33. The third-order valence-corrected chi connectivity index (χ3v) is 3.86. The quantitative estimate of drug-likeness (QED) is 0.799. The van der Waals surface area contributed by atoms with Crippen LogP contribution in [0.5, 0.6) is 0 Å². The van der Waals surface area contributed by atoms with Crippen molar-refractivity contribution in [3.05, 3.63) is 29.6 Å². The molecule has 1 rings (SSSR count). The lowest BCUT2D eigenvalue weighted by Gasteiger charge is -2.13. The molecule has 0 aromatic heterocycles. The Morgan fingerprint density at radius 3 is 2.72 bits per heavy atom. The van der Waals surface area contributed by atoms with Crippen LogP contribution in [0.4, 0.5) is 4.39 Å². The molecule has 1 atom stereocenters. The minimum Gasteiger partial charge on any atom is -0.392 e. The molecule has 0 spiro atoms. The van der Waals surface area contributed by atoms with Gasteiger partial charge in [-0.1, -0.05) is 0 Å². The SMILES string of the molecule is COCC(C)NS(=O)(=O)c1ccc(F)c(CO)c1. The van der Waals surface area contributed by atoms with Crippen LogP contribution < -0.4 is 4.72 Å². The fourth-order valence-corrected chi connectivity index (χ4v) is 2.73. The number of nitrogens with one attached hydrogen (secondary N) is 1. The molecule has 0 aliphatic rings. The van der Waals surface area contributed by atoms with Crippen molar-refractivity contribution in [2.24, 2.45) is 0 Å². The van der Waals surface area contributed by atoms with Crippen LogP contribution in [0.15, 0.2) is 23.1 Å². The summed E-state index contributed by atoms with van der Waals surface area (Å²) < 4.78 is 44.2. The largest absolute Gasteiger partial charge is 0.392 e.